The first-order chi connectivity index (χ1) is 17.3. The van der Waals surface area contributed by atoms with Crippen LogP contribution in [0.2, 0.25) is 0 Å². The van der Waals surface area contributed by atoms with Crippen LogP contribution in [0.1, 0.15) is 5.56 Å². The number of hydrogen-bond donors (Lipinski definition) is 6. The van der Waals surface area contributed by atoms with E-state index < -0.39 is 118 Å². The first-order valence-corrected chi connectivity index (χ1v) is 12.2. The molecular formula is C20H22F2O14S. The van der Waals surface area contributed by atoms with Crippen LogP contribution in [-0.4, -0.2) is 101 Å². The molecule has 6 N–H and O–H groups in total. The molecule has 1 aromatic carbocycles. The van der Waals surface area contributed by atoms with Crippen LogP contribution in [-0.2, 0) is 30.1 Å². The van der Waals surface area contributed by atoms with Gasteiger partial charge in [0.25, 0.3) is 10.1 Å². The van der Waals surface area contributed by atoms with Crippen LogP contribution in [0.5, 0.6) is 5.75 Å². The Morgan fingerprint density at radius 1 is 0.946 bits per heavy atom. The van der Waals surface area contributed by atoms with E-state index in [1.165, 1.54) is 0 Å². The van der Waals surface area contributed by atoms with E-state index in [1.54, 1.807) is 0 Å². The molecule has 2 fully saturated rings. The van der Waals surface area contributed by atoms with Crippen LogP contribution in [0, 0.1) is 11.6 Å². The number of fused-ring (bicyclic) bond motifs is 1. The molecule has 2 aromatic rings. The number of ether oxygens (including phenoxy) is 4. The van der Waals surface area contributed by atoms with Gasteiger partial charge >= 0.3 is 5.63 Å². The number of benzene rings is 1. The molecule has 206 valence electrons. The van der Waals surface area contributed by atoms with Crippen LogP contribution >= 0.6 is 0 Å². The van der Waals surface area contributed by atoms with E-state index in [9.17, 15) is 43.1 Å². The molecule has 0 saturated carbocycles. The maximum absolute atomic E-state index is 15.1. The van der Waals surface area contributed by atoms with Crippen LogP contribution in [0.25, 0.3) is 11.0 Å². The van der Waals surface area contributed by atoms with Gasteiger partial charge in [-0.1, -0.05) is 0 Å². The Morgan fingerprint density at radius 2 is 1.59 bits per heavy atom. The first kappa shape index (κ1) is 27.7. The Bertz CT molecular complexity index is 1320. The molecule has 0 aliphatic carbocycles. The lowest BCUT2D eigenvalue weighted by Crippen LogP contribution is -2.60. The zero-order valence-corrected chi connectivity index (χ0v) is 19.3. The monoisotopic (exact) mass is 556 g/mol. The van der Waals surface area contributed by atoms with E-state index in [1.807, 2.05) is 0 Å². The second-order valence-electron chi connectivity index (χ2n) is 8.42. The fourth-order valence-corrected chi connectivity index (χ4v) is 4.51. The third kappa shape index (κ3) is 5.75. The van der Waals surface area contributed by atoms with Crippen molar-refractivity contribution in [1.29, 1.82) is 0 Å². The normalized spacial score (nSPS) is 33.0. The van der Waals surface area contributed by atoms with Gasteiger partial charge in [0.15, 0.2) is 23.4 Å². The largest absolute Gasteiger partial charge is 0.456 e. The number of aliphatic hydroxyl groups is 5. The highest BCUT2D eigenvalue weighted by Crippen LogP contribution is 2.34. The predicted molar refractivity (Wildman–Crippen MR) is 113 cm³/mol. The van der Waals surface area contributed by atoms with Crippen molar-refractivity contribution in [2.24, 2.45) is 0 Å². The van der Waals surface area contributed by atoms with Gasteiger partial charge in [0, 0.05) is 11.5 Å². The summed E-state index contributed by atoms with van der Waals surface area (Å²) in [6.45, 7) is -0.956. The lowest BCUT2D eigenvalue weighted by molar-refractivity contribution is -0.320. The third-order valence-corrected chi connectivity index (χ3v) is 6.42. The van der Waals surface area contributed by atoms with E-state index in [4.69, 9.17) is 27.9 Å². The van der Waals surface area contributed by atoms with E-state index in [0.717, 1.165) is 0 Å². The van der Waals surface area contributed by atoms with Gasteiger partial charge in [-0.2, -0.15) is 12.8 Å². The fraction of sp³-hybridized carbons (Fsp3) is 0.550. The second-order valence-corrected chi connectivity index (χ2v) is 9.87. The van der Waals surface area contributed by atoms with Gasteiger partial charge in [0.1, 0.15) is 42.4 Å². The molecule has 37 heavy (non-hydrogen) atoms. The van der Waals surface area contributed by atoms with Crippen molar-refractivity contribution in [1.82, 2.24) is 0 Å². The van der Waals surface area contributed by atoms with Crippen molar-refractivity contribution in [3.8, 4) is 5.75 Å². The molecular weight excluding hydrogens is 534 g/mol. The van der Waals surface area contributed by atoms with Crippen molar-refractivity contribution in [2.75, 3.05) is 13.2 Å². The standard InChI is InChI=1S/C20H22F2O14S/c21-8-2-7-6(5-37(29,30)31)1-11(24)35-17(7)12(22)18(8)36-20-16(28)14(26)10(4-33-20)34-19-15(27)13(25)9(23)3-32-19/h1-2,9-10,13-16,19-20,23,25-28H,3-5H2,(H,29,30,31)/t9-,10-,13-,14-,15?,16?,19+,20+/m1/s1. The predicted octanol–water partition coefficient (Wildman–Crippen LogP) is -2.26. The molecule has 14 nitrogen and oxygen atoms in total. The summed E-state index contributed by atoms with van der Waals surface area (Å²) in [6.07, 6.45) is -13.3. The van der Waals surface area contributed by atoms with Gasteiger partial charge in [-0.25, -0.2) is 9.18 Å². The van der Waals surface area contributed by atoms with Crippen molar-refractivity contribution >= 4 is 21.1 Å². The Kier molecular flexibility index (Phi) is 7.82. The van der Waals surface area contributed by atoms with Gasteiger partial charge in [0.2, 0.25) is 12.1 Å². The second kappa shape index (κ2) is 10.4. The summed E-state index contributed by atoms with van der Waals surface area (Å²) in [7, 11) is -4.68. The lowest BCUT2D eigenvalue weighted by atomic mass is 10.0. The van der Waals surface area contributed by atoms with E-state index in [-0.39, 0.29) is 0 Å². The molecule has 1 aromatic heterocycles. The van der Waals surface area contributed by atoms with Gasteiger partial charge in [0.05, 0.1) is 13.2 Å². The molecule has 3 heterocycles. The molecule has 0 spiro atoms. The van der Waals surface area contributed by atoms with E-state index in [0.29, 0.717) is 12.1 Å². The molecule has 2 aliphatic heterocycles. The minimum atomic E-state index is -4.68. The minimum absolute atomic E-state index is 0.399. The smallest absolute Gasteiger partial charge is 0.336 e. The summed E-state index contributed by atoms with van der Waals surface area (Å²) in [4.78, 5) is 11.8. The highest BCUT2D eigenvalue weighted by Gasteiger charge is 2.45. The maximum atomic E-state index is 15.1. The molecule has 0 amide bonds. The first-order valence-electron chi connectivity index (χ1n) is 10.6. The molecule has 2 aliphatic rings. The Morgan fingerprint density at radius 3 is 2.27 bits per heavy atom. The Hall–Kier alpha value is -2.32. The van der Waals surface area contributed by atoms with Crippen molar-refractivity contribution in [3.05, 3.63) is 39.8 Å². The van der Waals surface area contributed by atoms with E-state index >= 15 is 4.39 Å². The van der Waals surface area contributed by atoms with E-state index in [2.05, 4.69) is 0 Å². The summed E-state index contributed by atoms with van der Waals surface area (Å²) in [6, 6.07) is 1.21. The average molecular weight is 556 g/mol. The van der Waals surface area contributed by atoms with Gasteiger partial charge in [-0.05, 0) is 11.6 Å². The molecule has 2 unspecified atom stereocenters. The molecule has 8 atom stereocenters. The zero-order chi connectivity index (χ0) is 27.2. The number of hydrogen-bond acceptors (Lipinski definition) is 13. The maximum Gasteiger partial charge on any atom is 0.336 e. The summed E-state index contributed by atoms with van der Waals surface area (Å²) in [5, 5.41) is 49.5. The zero-order valence-electron chi connectivity index (χ0n) is 18.5. The van der Waals surface area contributed by atoms with Crippen LogP contribution < -0.4 is 10.4 Å². The van der Waals surface area contributed by atoms with Crippen LogP contribution in [0.4, 0.5) is 8.78 Å². The van der Waals surface area contributed by atoms with Crippen LogP contribution in [0.15, 0.2) is 21.3 Å². The summed E-state index contributed by atoms with van der Waals surface area (Å²) >= 11 is 0. The topological polar surface area (TPSA) is 223 Å². The highest BCUT2D eigenvalue weighted by atomic mass is 32.2. The molecule has 0 bridgehead atoms. The van der Waals surface area contributed by atoms with Crippen molar-refractivity contribution in [3.63, 3.8) is 0 Å². The number of halogens is 2. The van der Waals surface area contributed by atoms with Crippen molar-refractivity contribution in [2.45, 2.75) is 55.0 Å². The number of rotatable bonds is 6. The van der Waals surface area contributed by atoms with Gasteiger partial charge < -0.3 is 48.9 Å². The SMILES string of the molecule is O=c1cc(CS(=O)(=O)O)c2cc(F)c(O[C@@H]3OC[C@@H](O[C@@H]4OC[C@@H](O)[C@@H](O)C4O)[C@@H](O)C3O)c(F)c2o1. The summed E-state index contributed by atoms with van der Waals surface area (Å²) in [5.74, 6) is -5.36. The average Bonchev–Trinajstić information content (AvgIpc) is 2.81. The third-order valence-electron chi connectivity index (χ3n) is 5.74. The lowest BCUT2D eigenvalue weighted by Gasteiger charge is -2.41. The molecule has 0 radical (unpaired) electrons. The number of aliphatic hydroxyl groups excluding tert-OH is 5. The molecule has 4 rings (SSSR count). The van der Waals surface area contributed by atoms with Crippen molar-refractivity contribution < 1.29 is 70.6 Å². The van der Waals surface area contributed by atoms with Gasteiger partial charge in [-0.15, -0.1) is 0 Å². The fourth-order valence-electron chi connectivity index (χ4n) is 3.88. The molecule has 2 saturated heterocycles. The summed E-state index contributed by atoms with van der Waals surface area (Å²) < 4.78 is 86.6. The minimum Gasteiger partial charge on any atom is -0.456 e. The molecule has 17 heteroatoms. The highest BCUT2D eigenvalue weighted by molar-refractivity contribution is 7.85. The Balaban J connectivity index is 1.53. The van der Waals surface area contributed by atoms with Crippen LogP contribution in [0.3, 0.4) is 0 Å². The summed E-state index contributed by atoms with van der Waals surface area (Å²) in [5.41, 5.74) is -2.57. The Labute approximate surface area is 205 Å². The quantitative estimate of drug-likeness (QED) is 0.163. The van der Waals surface area contributed by atoms with Gasteiger partial charge in [-0.3, -0.25) is 4.55 Å².